The summed E-state index contributed by atoms with van der Waals surface area (Å²) < 4.78 is 4.68. The molecule has 0 radical (unpaired) electrons. The molecule has 2 aliphatic carbocycles. The van der Waals surface area contributed by atoms with Crippen molar-refractivity contribution in [3.63, 3.8) is 0 Å². The first-order valence-electron chi connectivity index (χ1n) is 29.4. The zero-order valence-corrected chi connectivity index (χ0v) is 46.1. The van der Waals surface area contributed by atoms with E-state index in [1.54, 1.807) is 0 Å². The highest BCUT2D eigenvalue weighted by molar-refractivity contribution is 6.43. The van der Waals surface area contributed by atoms with Crippen molar-refractivity contribution >= 4 is 108 Å². The molecule has 86 heavy (non-hydrogen) atoms. The molecule has 2 aliphatic rings. The minimum absolute atomic E-state index is 0.628. The standard InChI is InChI=1S/C80H44N6/c1-3-19-45(20-4-1)65-42-66(46-21-5-2-6-22-46)84-80(83-65)86-68-36-18-34-57-55-38-37-47(39-62(55)64-41-49-24-8-10-26-52(49)70-59-30-14-16-32-61(59)78(86)76(72(57)68)74(64)70)50-43-81-79(82-44-50)85-67-35-17-33-56-53-27-11-12-28-54(53)63-40-48-23-7-9-25-51(48)69-58-29-13-15-31-60(58)77(85)75(71(56)67)73(63)69/h1-44H. The van der Waals surface area contributed by atoms with Crippen LogP contribution in [-0.2, 0) is 0 Å². The van der Waals surface area contributed by atoms with E-state index < -0.39 is 0 Å². The molecule has 20 rings (SSSR count). The first-order valence-corrected chi connectivity index (χ1v) is 29.4. The molecule has 0 unspecified atom stereocenters. The Hall–Kier alpha value is -11.6. The fourth-order valence-corrected chi connectivity index (χ4v) is 15.3. The summed E-state index contributed by atoms with van der Waals surface area (Å²) in [6, 6.07) is 93.0. The third-order valence-corrected chi connectivity index (χ3v) is 18.8. The van der Waals surface area contributed by atoms with Crippen LogP contribution >= 0.6 is 0 Å². The third-order valence-electron chi connectivity index (χ3n) is 18.8. The van der Waals surface area contributed by atoms with Gasteiger partial charge in [0.25, 0.3) is 0 Å². The average Bonchev–Trinajstić information content (AvgIpc) is 1.53. The van der Waals surface area contributed by atoms with Crippen LogP contribution in [0.3, 0.4) is 0 Å². The van der Waals surface area contributed by atoms with Crippen LogP contribution in [0.25, 0.3) is 198 Å². The maximum absolute atomic E-state index is 5.51. The lowest BCUT2D eigenvalue weighted by molar-refractivity contribution is 0.993. The Bertz CT molecular complexity index is 6000. The predicted octanol–water partition coefficient (Wildman–Crippen LogP) is 20.7. The van der Waals surface area contributed by atoms with Crippen molar-refractivity contribution in [3.8, 4) is 90.0 Å². The average molecular weight is 1090 g/mol. The fraction of sp³-hybridized carbons (Fsp3) is 0. The molecule has 0 amide bonds. The van der Waals surface area contributed by atoms with E-state index >= 15 is 0 Å². The van der Waals surface area contributed by atoms with E-state index in [1.165, 1.54) is 109 Å². The minimum Gasteiger partial charge on any atom is -0.277 e. The van der Waals surface area contributed by atoms with Crippen molar-refractivity contribution in [2.45, 2.75) is 0 Å². The molecule has 0 spiro atoms. The molecule has 0 saturated carbocycles. The Morgan fingerprint density at radius 2 is 0.663 bits per heavy atom. The Morgan fingerprint density at radius 3 is 1.21 bits per heavy atom. The van der Waals surface area contributed by atoms with Crippen molar-refractivity contribution in [2.24, 2.45) is 0 Å². The lowest BCUT2D eigenvalue weighted by atomic mass is 9.87. The largest absolute Gasteiger partial charge is 0.277 e. The normalized spacial score (nSPS) is 12.4. The Labute approximate surface area is 491 Å². The summed E-state index contributed by atoms with van der Waals surface area (Å²) in [6.07, 6.45) is 4.06. The molecular weight excluding hydrogens is 1040 g/mol. The van der Waals surface area contributed by atoms with E-state index in [1.807, 2.05) is 12.4 Å². The Morgan fingerprint density at radius 1 is 0.233 bits per heavy atom. The van der Waals surface area contributed by atoms with Crippen LogP contribution in [0.15, 0.2) is 267 Å². The molecule has 18 aromatic rings. The van der Waals surface area contributed by atoms with Gasteiger partial charge in [0.15, 0.2) is 0 Å². The molecule has 0 N–H and O–H groups in total. The quantitative estimate of drug-likeness (QED) is 0.161. The van der Waals surface area contributed by atoms with E-state index in [0.717, 1.165) is 77.8 Å². The number of hydrogen-bond donors (Lipinski definition) is 0. The first-order chi connectivity index (χ1) is 42.7. The zero-order valence-electron chi connectivity index (χ0n) is 46.1. The van der Waals surface area contributed by atoms with Gasteiger partial charge in [-0.1, -0.05) is 218 Å². The van der Waals surface area contributed by atoms with Gasteiger partial charge in [-0.25, -0.2) is 19.9 Å². The number of benzene rings is 14. The highest BCUT2D eigenvalue weighted by atomic mass is 15.2. The second-order valence-electron chi connectivity index (χ2n) is 23.1. The van der Waals surface area contributed by atoms with Crippen LogP contribution in [-0.4, -0.2) is 29.1 Å². The van der Waals surface area contributed by atoms with Gasteiger partial charge in [0.05, 0.1) is 33.5 Å². The molecule has 4 heterocycles. The van der Waals surface area contributed by atoms with Gasteiger partial charge in [0.2, 0.25) is 11.9 Å². The Kier molecular flexibility index (Phi) is 9.09. The molecule has 6 heteroatoms. The molecule has 14 aromatic carbocycles. The van der Waals surface area contributed by atoms with E-state index in [4.69, 9.17) is 19.9 Å². The molecule has 6 nitrogen and oxygen atoms in total. The molecule has 4 aromatic heterocycles. The SMILES string of the molecule is c1ccc(-c2cc(-c3ccccc3)nc(-n3c4cccc5c4c4c6c(cc7ccccc7c6c6ccccc6c43)-c3cc(-c4cnc(-n6c7cccc8c7c7c9c(cc%10ccccc%10c9c9ccccc9c76)-c6ccccc6-8)nc4)ccc3-5)n2)cc1. The van der Waals surface area contributed by atoms with Gasteiger partial charge >= 0.3 is 0 Å². The fourth-order valence-electron chi connectivity index (χ4n) is 15.3. The highest BCUT2D eigenvalue weighted by Crippen LogP contribution is 2.56. The maximum atomic E-state index is 5.51. The van der Waals surface area contributed by atoms with Crippen LogP contribution in [0.5, 0.6) is 0 Å². The third kappa shape index (κ3) is 6.08. The summed E-state index contributed by atoms with van der Waals surface area (Å²) in [4.78, 5) is 21.8. The van der Waals surface area contributed by atoms with Gasteiger partial charge in [-0.2, -0.15) is 0 Å². The van der Waals surface area contributed by atoms with Gasteiger partial charge in [0.1, 0.15) is 0 Å². The van der Waals surface area contributed by atoms with Crippen molar-refractivity contribution in [2.75, 3.05) is 0 Å². The number of fused-ring (bicyclic) bond motifs is 16. The Balaban J connectivity index is 0.828. The second kappa shape index (κ2) is 17.0. The minimum atomic E-state index is 0.628. The van der Waals surface area contributed by atoms with Crippen LogP contribution in [0.4, 0.5) is 0 Å². The van der Waals surface area contributed by atoms with Crippen molar-refractivity contribution in [3.05, 3.63) is 267 Å². The second-order valence-corrected chi connectivity index (χ2v) is 23.1. The summed E-state index contributed by atoms with van der Waals surface area (Å²) in [6.45, 7) is 0. The van der Waals surface area contributed by atoms with Gasteiger partial charge in [-0.05, 0) is 130 Å². The molecule has 0 fully saturated rings. The van der Waals surface area contributed by atoms with Gasteiger partial charge in [-0.3, -0.25) is 9.13 Å². The van der Waals surface area contributed by atoms with Crippen molar-refractivity contribution in [1.29, 1.82) is 0 Å². The number of hydrogen-bond acceptors (Lipinski definition) is 4. The van der Waals surface area contributed by atoms with Gasteiger partial charge < -0.3 is 0 Å². The number of rotatable bonds is 5. The molecule has 0 bridgehead atoms. The summed E-state index contributed by atoms with van der Waals surface area (Å²) in [7, 11) is 0. The van der Waals surface area contributed by atoms with Crippen molar-refractivity contribution in [1.82, 2.24) is 29.1 Å². The van der Waals surface area contributed by atoms with E-state index in [-0.39, 0.29) is 0 Å². The molecular formula is C80H44N6. The molecule has 0 atom stereocenters. The van der Waals surface area contributed by atoms with Crippen LogP contribution in [0.2, 0.25) is 0 Å². The topological polar surface area (TPSA) is 61.4 Å². The summed E-state index contributed by atoms with van der Waals surface area (Å²) in [5.41, 5.74) is 19.7. The lowest BCUT2D eigenvalue weighted by Gasteiger charge is -2.18. The maximum Gasteiger partial charge on any atom is 0.235 e. The van der Waals surface area contributed by atoms with E-state index in [2.05, 4.69) is 264 Å². The van der Waals surface area contributed by atoms with Crippen molar-refractivity contribution < 1.29 is 0 Å². The van der Waals surface area contributed by atoms with E-state index in [0.29, 0.717) is 11.9 Å². The van der Waals surface area contributed by atoms with Gasteiger partial charge in [0, 0.05) is 72.2 Å². The number of aromatic nitrogens is 6. The smallest absolute Gasteiger partial charge is 0.235 e. The first kappa shape index (κ1) is 45.9. The number of nitrogens with zero attached hydrogens (tertiary/aromatic N) is 6. The predicted molar refractivity (Wildman–Crippen MR) is 357 cm³/mol. The van der Waals surface area contributed by atoms with E-state index in [9.17, 15) is 0 Å². The molecule has 394 valence electrons. The summed E-state index contributed by atoms with van der Waals surface area (Å²) in [5, 5.41) is 19.5. The summed E-state index contributed by atoms with van der Waals surface area (Å²) in [5.74, 6) is 1.26. The van der Waals surface area contributed by atoms with Crippen LogP contribution in [0.1, 0.15) is 0 Å². The van der Waals surface area contributed by atoms with Gasteiger partial charge in [-0.15, -0.1) is 0 Å². The monoisotopic (exact) mass is 1090 g/mol. The molecule has 0 aliphatic heterocycles. The molecule has 0 saturated heterocycles. The van der Waals surface area contributed by atoms with Crippen LogP contribution < -0.4 is 0 Å². The lowest BCUT2D eigenvalue weighted by Crippen LogP contribution is -2.04. The highest BCUT2D eigenvalue weighted by Gasteiger charge is 2.32. The van der Waals surface area contributed by atoms with Crippen LogP contribution in [0, 0.1) is 0 Å². The summed E-state index contributed by atoms with van der Waals surface area (Å²) >= 11 is 0. The zero-order chi connectivity index (χ0) is 55.9.